The first-order valence-electron chi connectivity index (χ1n) is 5.68. The minimum Gasteiger partial charge on any atom is -0.396 e. The smallest absolute Gasteiger partial charge is 0.0701 e. The molecule has 1 unspecified atom stereocenters. The molecule has 0 aliphatic heterocycles. The molecule has 0 saturated heterocycles. The van der Waals surface area contributed by atoms with Crippen LogP contribution in [0.15, 0.2) is 0 Å². The molecule has 0 aromatic carbocycles. The largest absolute Gasteiger partial charge is 0.396 e. The summed E-state index contributed by atoms with van der Waals surface area (Å²) in [5.41, 5.74) is 0. The van der Waals surface area contributed by atoms with E-state index in [4.69, 9.17) is 19.3 Å². The first-order chi connectivity index (χ1) is 7.81. The molecule has 0 spiro atoms. The average molecular weight is 252 g/mol. The predicted octanol–water partition coefficient (Wildman–Crippen LogP) is 1.17. The Balaban J connectivity index is 2.98. The molecule has 0 radical (unpaired) electrons. The molecule has 0 rings (SSSR count). The maximum atomic E-state index is 8.71. The summed E-state index contributed by atoms with van der Waals surface area (Å²) in [6.45, 7) is 5.65. The summed E-state index contributed by atoms with van der Waals surface area (Å²) in [5.74, 6) is 0.971. The van der Waals surface area contributed by atoms with Gasteiger partial charge in [0, 0.05) is 24.7 Å². The molecule has 0 bridgehead atoms. The Morgan fingerprint density at radius 2 is 1.69 bits per heavy atom. The fraction of sp³-hybridized carbons (Fsp3) is 1.00. The van der Waals surface area contributed by atoms with E-state index in [9.17, 15) is 0 Å². The van der Waals surface area contributed by atoms with Gasteiger partial charge in [-0.1, -0.05) is 6.92 Å². The number of rotatable bonds is 12. The van der Waals surface area contributed by atoms with Crippen molar-refractivity contribution in [1.29, 1.82) is 0 Å². The van der Waals surface area contributed by atoms with Crippen LogP contribution in [0.5, 0.6) is 0 Å². The van der Waals surface area contributed by atoms with Gasteiger partial charge in [-0.05, 0) is 6.42 Å². The van der Waals surface area contributed by atoms with Crippen LogP contribution in [0, 0.1) is 0 Å². The number of hydrogen-bond donors (Lipinski definition) is 1. The van der Waals surface area contributed by atoms with Crippen molar-refractivity contribution in [3.63, 3.8) is 0 Å². The van der Waals surface area contributed by atoms with Gasteiger partial charge in [0.25, 0.3) is 0 Å². The molecule has 0 amide bonds. The Bertz CT molecular complexity index is 135. The first-order valence-corrected chi connectivity index (χ1v) is 6.73. The third-order valence-corrected chi connectivity index (χ3v) is 3.18. The average Bonchev–Trinajstić information content (AvgIpc) is 2.27. The van der Waals surface area contributed by atoms with Crippen molar-refractivity contribution in [2.24, 2.45) is 0 Å². The molecule has 0 fully saturated rings. The van der Waals surface area contributed by atoms with E-state index in [1.54, 1.807) is 7.11 Å². The molecule has 0 heterocycles. The van der Waals surface area contributed by atoms with Crippen LogP contribution in [0.2, 0.25) is 0 Å². The van der Waals surface area contributed by atoms with Gasteiger partial charge in [0.2, 0.25) is 0 Å². The standard InChI is InChI=1S/C11H24O4S/c1-11(3-4-12)16-10-9-15-8-7-14-6-5-13-2/h11-12H,3-10H2,1-2H3. The number of methoxy groups -OCH3 is 1. The van der Waals surface area contributed by atoms with Gasteiger partial charge < -0.3 is 19.3 Å². The van der Waals surface area contributed by atoms with Gasteiger partial charge in [-0.2, -0.15) is 11.8 Å². The normalized spacial score (nSPS) is 12.9. The SMILES string of the molecule is COCCOCCOCCSC(C)CCO. The van der Waals surface area contributed by atoms with E-state index in [2.05, 4.69) is 6.92 Å². The fourth-order valence-electron chi connectivity index (χ4n) is 1.04. The summed E-state index contributed by atoms with van der Waals surface area (Å²) in [7, 11) is 1.66. The summed E-state index contributed by atoms with van der Waals surface area (Å²) in [4.78, 5) is 0. The Hall–Kier alpha value is 0.190. The van der Waals surface area contributed by atoms with Gasteiger partial charge in [0.15, 0.2) is 0 Å². The second kappa shape index (κ2) is 13.3. The number of ether oxygens (including phenoxy) is 3. The molecule has 1 N–H and O–H groups in total. The lowest BCUT2D eigenvalue weighted by Gasteiger charge is -2.09. The van der Waals surface area contributed by atoms with Gasteiger partial charge in [0.1, 0.15) is 0 Å². The highest BCUT2D eigenvalue weighted by Gasteiger charge is 2.00. The van der Waals surface area contributed by atoms with E-state index >= 15 is 0 Å². The number of hydrogen-bond acceptors (Lipinski definition) is 5. The number of aliphatic hydroxyl groups is 1. The monoisotopic (exact) mass is 252 g/mol. The molecule has 0 aromatic rings. The van der Waals surface area contributed by atoms with Crippen LogP contribution in [0.1, 0.15) is 13.3 Å². The summed E-state index contributed by atoms with van der Waals surface area (Å²) in [6.07, 6.45) is 0.852. The molecular weight excluding hydrogens is 228 g/mol. The highest BCUT2D eigenvalue weighted by molar-refractivity contribution is 7.99. The minimum absolute atomic E-state index is 0.266. The van der Waals surface area contributed by atoms with E-state index in [-0.39, 0.29) is 6.61 Å². The maximum Gasteiger partial charge on any atom is 0.0701 e. The van der Waals surface area contributed by atoms with E-state index in [0.29, 0.717) is 31.7 Å². The van der Waals surface area contributed by atoms with E-state index < -0.39 is 0 Å². The summed E-state index contributed by atoms with van der Waals surface area (Å²) >= 11 is 1.83. The van der Waals surface area contributed by atoms with Gasteiger partial charge in [0.05, 0.1) is 33.0 Å². The highest BCUT2D eigenvalue weighted by atomic mass is 32.2. The summed E-state index contributed by atoms with van der Waals surface area (Å²) < 4.78 is 15.5. The summed E-state index contributed by atoms with van der Waals surface area (Å²) in [5, 5.41) is 9.21. The van der Waals surface area contributed by atoms with Crippen LogP contribution in [-0.2, 0) is 14.2 Å². The Morgan fingerprint density at radius 1 is 1.06 bits per heavy atom. The van der Waals surface area contributed by atoms with Crippen molar-refractivity contribution in [1.82, 2.24) is 0 Å². The zero-order valence-corrected chi connectivity index (χ0v) is 11.1. The molecule has 0 aliphatic carbocycles. The molecular formula is C11H24O4S. The van der Waals surface area contributed by atoms with Crippen LogP contribution in [0.25, 0.3) is 0 Å². The van der Waals surface area contributed by atoms with Crippen LogP contribution in [0.3, 0.4) is 0 Å². The van der Waals surface area contributed by atoms with E-state index in [1.165, 1.54) is 0 Å². The lowest BCUT2D eigenvalue weighted by atomic mass is 10.3. The van der Waals surface area contributed by atoms with Crippen molar-refractivity contribution in [2.75, 3.05) is 52.5 Å². The van der Waals surface area contributed by atoms with Crippen molar-refractivity contribution < 1.29 is 19.3 Å². The topological polar surface area (TPSA) is 47.9 Å². The molecule has 16 heavy (non-hydrogen) atoms. The predicted molar refractivity (Wildman–Crippen MR) is 67.1 cm³/mol. The molecule has 0 aliphatic rings. The highest BCUT2D eigenvalue weighted by Crippen LogP contribution is 2.12. The lowest BCUT2D eigenvalue weighted by Crippen LogP contribution is -2.10. The fourth-order valence-corrected chi connectivity index (χ4v) is 1.93. The molecule has 1 atom stereocenters. The van der Waals surface area contributed by atoms with Gasteiger partial charge in [-0.3, -0.25) is 0 Å². The molecule has 0 saturated carbocycles. The van der Waals surface area contributed by atoms with Crippen LogP contribution in [0.4, 0.5) is 0 Å². The second-order valence-corrected chi connectivity index (χ2v) is 4.96. The maximum absolute atomic E-state index is 8.71. The van der Waals surface area contributed by atoms with E-state index in [0.717, 1.165) is 18.8 Å². The Labute approximate surface area is 103 Å². The zero-order chi connectivity index (χ0) is 12.1. The molecule has 5 heteroatoms. The van der Waals surface area contributed by atoms with Gasteiger partial charge in [-0.25, -0.2) is 0 Å². The zero-order valence-electron chi connectivity index (χ0n) is 10.3. The van der Waals surface area contributed by atoms with Crippen molar-refractivity contribution in [3.05, 3.63) is 0 Å². The third kappa shape index (κ3) is 12.3. The van der Waals surface area contributed by atoms with Gasteiger partial charge >= 0.3 is 0 Å². The Kier molecular flexibility index (Phi) is 13.4. The molecule has 0 aromatic heterocycles. The van der Waals surface area contributed by atoms with E-state index in [1.807, 2.05) is 11.8 Å². The number of aliphatic hydroxyl groups excluding tert-OH is 1. The second-order valence-electron chi connectivity index (χ2n) is 3.41. The first kappa shape index (κ1) is 16.2. The van der Waals surface area contributed by atoms with Gasteiger partial charge in [-0.15, -0.1) is 0 Å². The molecule has 98 valence electrons. The van der Waals surface area contributed by atoms with Crippen molar-refractivity contribution in [2.45, 2.75) is 18.6 Å². The van der Waals surface area contributed by atoms with Crippen molar-refractivity contribution in [3.8, 4) is 0 Å². The number of thioether (sulfide) groups is 1. The van der Waals surface area contributed by atoms with Crippen molar-refractivity contribution >= 4 is 11.8 Å². The van der Waals surface area contributed by atoms with Crippen LogP contribution >= 0.6 is 11.8 Å². The van der Waals surface area contributed by atoms with Crippen LogP contribution < -0.4 is 0 Å². The minimum atomic E-state index is 0.266. The van der Waals surface area contributed by atoms with Crippen LogP contribution in [-0.4, -0.2) is 62.9 Å². The quantitative estimate of drug-likeness (QED) is 0.528. The summed E-state index contributed by atoms with van der Waals surface area (Å²) in [6, 6.07) is 0. The Morgan fingerprint density at radius 3 is 2.31 bits per heavy atom. The lowest BCUT2D eigenvalue weighted by molar-refractivity contribution is 0.0286. The third-order valence-electron chi connectivity index (χ3n) is 1.97. The molecule has 4 nitrogen and oxygen atoms in total.